The first-order valence-corrected chi connectivity index (χ1v) is 5.95. The standard InChI is InChI=1S/C10H12ClF2N3O4/c11-4-1-16(9(19)15-7(4)14)8-5(13)6(18)10(2-12,3-17)20-8/h1,5-6,8,17-18H,2-3H2,(H2,14,15,19)/t5-,6-,8+,10+/m0/s1. The molecule has 1 aliphatic rings. The topological polar surface area (TPSA) is 111 Å². The maximum atomic E-state index is 14.0. The van der Waals surface area contributed by atoms with Crippen LogP contribution in [-0.2, 0) is 4.74 Å². The summed E-state index contributed by atoms with van der Waals surface area (Å²) < 4.78 is 32.6. The number of nitrogens with two attached hydrogens (primary N) is 1. The Morgan fingerprint density at radius 3 is 2.80 bits per heavy atom. The highest BCUT2D eigenvalue weighted by molar-refractivity contribution is 6.32. The zero-order chi connectivity index (χ0) is 15.1. The third kappa shape index (κ3) is 2.16. The summed E-state index contributed by atoms with van der Waals surface area (Å²) in [5.41, 5.74) is 2.22. The number of hydrogen-bond acceptors (Lipinski definition) is 6. The van der Waals surface area contributed by atoms with Gasteiger partial charge in [0.25, 0.3) is 0 Å². The molecule has 10 heteroatoms. The highest BCUT2D eigenvalue weighted by Gasteiger charge is 2.56. The number of anilines is 1. The molecule has 20 heavy (non-hydrogen) atoms. The fraction of sp³-hybridized carbons (Fsp3) is 0.600. The van der Waals surface area contributed by atoms with Crippen molar-refractivity contribution in [1.82, 2.24) is 9.55 Å². The molecule has 4 N–H and O–H groups in total. The van der Waals surface area contributed by atoms with E-state index in [0.29, 0.717) is 4.57 Å². The molecule has 1 aliphatic heterocycles. The van der Waals surface area contributed by atoms with E-state index in [1.54, 1.807) is 0 Å². The van der Waals surface area contributed by atoms with Gasteiger partial charge in [0.05, 0.1) is 11.6 Å². The summed E-state index contributed by atoms with van der Waals surface area (Å²) in [6.45, 7) is -2.28. The number of nitrogen functional groups attached to an aromatic ring is 1. The van der Waals surface area contributed by atoms with E-state index in [9.17, 15) is 18.7 Å². The smallest absolute Gasteiger partial charge is 0.351 e. The zero-order valence-electron chi connectivity index (χ0n) is 10.0. The van der Waals surface area contributed by atoms with Crippen molar-refractivity contribution in [3.05, 3.63) is 21.7 Å². The van der Waals surface area contributed by atoms with E-state index in [4.69, 9.17) is 27.2 Å². The average Bonchev–Trinajstić information content (AvgIpc) is 2.68. The molecule has 0 saturated carbocycles. The molecule has 0 bridgehead atoms. The van der Waals surface area contributed by atoms with Crippen LogP contribution in [0.15, 0.2) is 11.0 Å². The van der Waals surface area contributed by atoms with E-state index in [1.165, 1.54) is 0 Å². The highest BCUT2D eigenvalue weighted by Crippen LogP contribution is 2.39. The van der Waals surface area contributed by atoms with Gasteiger partial charge < -0.3 is 20.7 Å². The number of halogens is 3. The lowest BCUT2D eigenvalue weighted by molar-refractivity contribution is -0.138. The number of rotatable bonds is 3. The van der Waals surface area contributed by atoms with Crippen LogP contribution in [0.25, 0.3) is 0 Å². The zero-order valence-corrected chi connectivity index (χ0v) is 10.8. The van der Waals surface area contributed by atoms with Crippen molar-refractivity contribution in [2.75, 3.05) is 19.0 Å². The second-order valence-electron chi connectivity index (χ2n) is 4.42. The summed E-state index contributed by atoms with van der Waals surface area (Å²) in [7, 11) is 0. The first kappa shape index (κ1) is 15.1. The van der Waals surface area contributed by atoms with Gasteiger partial charge in [0.15, 0.2) is 18.0 Å². The van der Waals surface area contributed by atoms with E-state index in [1.807, 2.05) is 0 Å². The van der Waals surface area contributed by atoms with Crippen molar-refractivity contribution in [3.63, 3.8) is 0 Å². The predicted octanol–water partition coefficient (Wildman–Crippen LogP) is -0.593. The Balaban J connectivity index is 2.45. The minimum Gasteiger partial charge on any atom is -0.393 e. The van der Waals surface area contributed by atoms with Gasteiger partial charge in [-0.25, -0.2) is 13.6 Å². The van der Waals surface area contributed by atoms with Gasteiger partial charge in [-0.15, -0.1) is 0 Å². The summed E-state index contributed by atoms with van der Waals surface area (Å²) in [6, 6.07) is 0. The predicted molar refractivity (Wildman–Crippen MR) is 64.7 cm³/mol. The summed E-state index contributed by atoms with van der Waals surface area (Å²) in [6.07, 6.45) is -4.77. The van der Waals surface area contributed by atoms with Crippen molar-refractivity contribution in [3.8, 4) is 0 Å². The number of aromatic nitrogens is 2. The lowest BCUT2D eigenvalue weighted by atomic mass is 9.98. The van der Waals surface area contributed by atoms with Crippen LogP contribution in [0.5, 0.6) is 0 Å². The molecule has 1 aromatic heterocycles. The van der Waals surface area contributed by atoms with Gasteiger partial charge in [0, 0.05) is 6.20 Å². The average molecular weight is 312 g/mol. The molecule has 7 nitrogen and oxygen atoms in total. The normalized spacial score (nSPS) is 33.5. The minimum absolute atomic E-state index is 0.128. The number of ether oxygens (including phenoxy) is 1. The summed E-state index contributed by atoms with van der Waals surface area (Å²) in [4.78, 5) is 15.0. The van der Waals surface area contributed by atoms with Crippen LogP contribution in [0.1, 0.15) is 6.23 Å². The Labute approximate surface area is 116 Å². The van der Waals surface area contributed by atoms with Crippen molar-refractivity contribution in [1.29, 1.82) is 0 Å². The third-order valence-corrected chi connectivity index (χ3v) is 3.46. The van der Waals surface area contributed by atoms with Crippen LogP contribution < -0.4 is 11.4 Å². The van der Waals surface area contributed by atoms with Crippen LogP contribution in [-0.4, -0.2) is 50.9 Å². The molecule has 0 radical (unpaired) electrons. The lowest BCUT2D eigenvalue weighted by Gasteiger charge is -2.26. The third-order valence-electron chi connectivity index (χ3n) is 3.17. The maximum Gasteiger partial charge on any atom is 0.351 e. The van der Waals surface area contributed by atoms with Crippen LogP contribution >= 0.6 is 11.6 Å². The summed E-state index contributed by atoms with van der Waals surface area (Å²) >= 11 is 5.68. The molecule has 0 aliphatic carbocycles. The highest BCUT2D eigenvalue weighted by atomic mass is 35.5. The van der Waals surface area contributed by atoms with Gasteiger partial charge in [-0.3, -0.25) is 4.57 Å². The van der Waals surface area contributed by atoms with Crippen LogP contribution in [0, 0.1) is 0 Å². The quantitative estimate of drug-likeness (QED) is 0.688. The second-order valence-corrected chi connectivity index (χ2v) is 4.83. The Bertz CT molecular complexity index is 566. The summed E-state index contributed by atoms with van der Waals surface area (Å²) in [5.74, 6) is -0.249. The van der Waals surface area contributed by atoms with Crippen LogP contribution in [0.4, 0.5) is 14.6 Å². The molecule has 2 heterocycles. The molecular formula is C10H12ClF2N3O4. The van der Waals surface area contributed by atoms with E-state index < -0.39 is 43.1 Å². The van der Waals surface area contributed by atoms with Gasteiger partial charge in [-0.2, -0.15) is 4.98 Å². The van der Waals surface area contributed by atoms with E-state index >= 15 is 0 Å². The van der Waals surface area contributed by atoms with Crippen molar-refractivity contribution in [2.45, 2.75) is 24.1 Å². The lowest BCUT2D eigenvalue weighted by Crippen LogP contribution is -2.47. The molecule has 0 aromatic carbocycles. The van der Waals surface area contributed by atoms with E-state index in [0.717, 1.165) is 6.20 Å². The van der Waals surface area contributed by atoms with E-state index in [2.05, 4.69) is 4.98 Å². The fourth-order valence-electron chi connectivity index (χ4n) is 1.96. The first-order valence-electron chi connectivity index (χ1n) is 5.57. The molecule has 1 saturated heterocycles. The van der Waals surface area contributed by atoms with Gasteiger partial charge in [0.2, 0.25) is 0 Å². The van der Waals surface area contributed by atoms with Gasteiger partial charge in [0.1, 0.15) is 18.6 Å². The van der Waals surface area contributed by atoms with Crippen LogP contribution in [0.2, 0.25) is 5.02 Å². The summed E-state index contributed by atoms with van der Waals surface area (Å²) in [5, 5.41) is 18.6. The Morgan fingerprint density at radius 2 is 2.30 bits per heavy atom. The molecule has 1 fully saturated rings. The van der Waals surface area contributed by atoms with Crippen molar-refractivity contribution in [2.24, 2.45) is 0 Å². The molecule has 0 spiro atoms. The number of nitrogens with zero attached hydrogens (tertiary/aromatic N) is 2. The van der Waals surface area contributed by atoms with Crippen molar-refractivity contribution >= 4 is 17.4 Å². The molecular weight excluding hydrogens is 300 g/mol. The Hall–Kier alpha value is -1.29. The number of aliphatic hydroxyl groups is 2. The molecule has 2 rings (SSSR count). The number of alkyl halides is 2. The molecule has 1 aromatic rings. The largest absolute Gasteiger partial charge is 0.393 e. The molecule has 112 valence electrons. The fourth-order valence-corrected chi connectivity index (χ4v) is 2.10. The van der Waals surface area contributed by atoms with E-state index in [-0.39, 0.29) is 10.8 Å². The Kier molecular flexibility index (Phi) is 3.96. The number of hydrogen-bond donors (Lipinski definition) is 3. The monoisotopic (exact) mass is 311 g/mol. The van der Waals surface area contributed by atoms with Gasteiger partial charge in [-0.05, 0) is 0 Å². The van der Waals surface area contributed by atoms with Gasteiger partial charge in [-0.1, -0.05) is 11.6 Å². The minimum atomic E-state index is -2.14. The van der Waals surface area contributed by atoms with Crippen LogP contribution in [0.3, 0.4) is 0 Å². The molecule has 4 atom stereocenters. The number of aliphatic hydroxyl groups excluding tert-OH is 2. The SMILES string of the molecule is Nc1nc(=O)n([C@@H]2O[C@@](CO)(CF)[C@@H](O)[C@@H]2F)cc1Cl. The molecule has 0 unspecified atom stereocenters. The Morgan fingerprint density at radius 1 is 1.65 bits per heavy atom. The van der Waals surface area contributed by atoms with Crippen molar-refractivity contribution < 1.29 is 23.7 Å². The molecule has 0 amide bonds. The van der Waals surface area contributed by atoms with Gasteiger partial charge >= 0.3 is 5.69 Å². The maximum absolute atomic E-state index is 14.0. The first-order chi connectivity index (χ1) is 9.36. The second kappa shape index (κ2) is 5.24.